The Hall–Kier alpha value is -1.86. The van der Waals surface area contributed by atoms with E-state index in [1.54, 1.807) is 15.9 Å². The van der Waals surface area contributed by atoms with Gasteiger partial charge in [-0.1, -0.05) is 117 Å². The van der Waals surface area contributed by atoms with Crippen LogP contribution in [-0.4, -0.2) is 8.07 Å². The molecule has 30 heavy (non-hydrogen) atoms. The first kappa shape index (κ1) is 22.8. The predicted octanol–water partition coefficient (Wildman–Crippen LogP) is 7.23. The van der Waals surface area contributed by atoms with Crippen molar-refractivity contribution in [2.45, 2.75) is 85.2 Å². The monoisotopic (exact) mass is 416 g/mol. The van der Waals surface area contributed by atoms with E-state index in [9.17, 15) is 0 Å². The SMILES string of the molecule is CCc1cc(CC)cc([Si](c2ccccc2)(C(C)CC)C2(C)C=C(C)C(C)=C2C)c1. The molecule has 0 saturated heterocycles. The van der Waals surface area contributed by atoms with Crippen molar-refractivity contribution in [3.05, 3.63) is 82.5 Å². The minimum absolute atomic E-state index is 0.0787. The summed E-state index contributed by atoms with van der Waals surface area (Å²) in [6, 6.07) is 19.1. The topological polar surface area (TPSA) is 0 Å². The van der Waals surface area contributed by atoms with Gasteiger partial charge in [0, 0.05) is 5.04 Å². The summed E-state index contributed by atoms with van der Waals surface area (Å²) >= 11 is 0. The summed E-state index contributed by atoms with van der Waals surface area (Å²) in [6.07, 6.45) is 6.03. The molecule has 0 amide bonds. The maximum Gasteiger partial charge on any atom is 0.134 e. The number of benzene rings is 2. The lowest BCUT2D eigenvalue weighted by Gasteiger charge is -2.50. The molecule has 1 aliphatic carbocycles. The number of hydrogen-bond donors (Lipinski definition) is 0. The largest absolute Gasteiger partial charge is 0.134 e. The van der Waals surface area contributed by atoms with Gasteiger partial charge in [0.15, 0.2) is 0 Å². The molecular weight excluding hydrogens is 376 g/mol. The summed E-state index contributed by atoms with van der Waals surface area (Å²) in [4.78, 5) is 0. The van der Waals surface area contributed by atoms with Crippen molar-refractivity contribution in [3.8, 4) is 0 Å². The number of aryl methyl sites for hydroxylation is 2. The van der Waals surface area contributed by atoms with Crippen molar-refractivity contribution < 1.29 is 0 Å². The number of allylic oxidation sites excluding steroid dienone is 4. The van der Waals surface area contributed by atoms with E-state index in [1.165, 1.54) is 28.7 Å². The van der Waals surface area contributed by atoms with E-state index in [0.717, 1.165) is 12.8 Å². The first-order valence-electron chi connectivity index (χ1n) is 11.8. The molecule has 0 aromatic heterocycles. The molecule has 0 aliphatic heterocycles. The van der Waals surface area contributed by atoms with Crippen molar-refractivity contribution in [1.29, 1.82) is 0 Å². The van der Waals surface area contributed by atoms with E-state index in [0.29, 0.717) is 5.54 Å². The van der Waals surface area contributed by atoms with Crippen LogP contribution in [0.2, 0.25) is 10.6 Å². The molecule has 0 N–H and O–H groups in total. The van der Waals surface area contributed by atoms with Crippen LogP contribution in [0.5, 0.6) is 0 Å². The lowest BCUT2D eigenvalue weighted by Crippen LogP contribution is -2.67. The van der Waals surface area contributed by atoms with Gasteiger partial charge in [-0.25, -0.2) is 0 Å². The van der Waals surface area contributed by atoms with Crippen LogP contribution in [0.4, 0.5) is 0 Å². The third-order valence-corrected chi connectivity index (χ3v) is 14.7. The maximum atomic E-state index is 2.63. The molecule has 1 aliphatic rings. The quantitative estimate of drug-likeness (QED) is 0.418. The fourth-order valence-electron chi connectivity index (χ4n) is 6.00. The lowest BCUT2D eigenvalue weighted by atomic mass is 10.0. The Balaban J connectivity index is 2.50. The second kappa shape index (κ2) is 8.71. The average Bonchev–Trinajstić information content (AvgIpc) is 2.97. The van der Waals surface area contributed by atoms with Gasteiger partial charge in [0.05, 0.1) is 0 Å². The van der Waals surface area contributed by atoms with Crippen molar-refractivity contribution in [3.63, 3.8) is 0 Å². The minimum Gasteiger partial charge on any atom is -0.0733 e. The van der Waals surface area contributed by atoms with Crippen LogP contribution in [0.3, 0.4) is 0 Å². The van der Waals surface area contributed by atoms with Crippen molar-refractivity contribution in [2.75, 3.05) is 0 Å². The molecule has 0 heterocycles. The standard InChI is InChI=1S/C29H40Si/c1-9-22(5)30(27-15-13-12-14-16-27,29(8)20-21(4)23(6)24(29)7)28-18-25(10-2)17-26(11-3)19-28/h12-20,22H,9-11H2,1-8H3. The molecule has 1 heteroatoms. The van der Waals surface area contributed by atoms with Crippen LogP contribution >= 0.6 is 0 Å². The molecule has 2 aromatic rings. The average molecular weight is 417 g/mol. The molecule has 0 bridgehead atoms. The third kappa shape index (κ3) is 3.36. The molecule has 0 fully saturated rings. The fraction of sp³-hybridized carbons (Fsp3) is 0.448. The second-order valence-electron chi connectivity index (χ2n) is 9.51. The molecule has 3 unspecified atom stereocenters. The van der Waals surface area contributed by atoms with Gasteiger partial charge in [-0.2, -0.15) is 0 Å². The third-order valence-electron chi connectivity index (χ3n) is 8.16. The van der Waals surface area contributed by atoms with Gasteiger partial charge in [0.25, 0.3) is 0 Å². The number of rotatable bonds is 7. The second-order valence-corrected chi connectivity index (χ2v) is 14.3. The Labute approximate surface area is 186 Å². The lowest BCUT2D eigenvalue weighted by molar-refractivity contribution is 0.770. The van der Waals surface area contributed by atoms with Crippen LogP contribution in [0, 0.1) is 0 Å². The zero-order valence-electron chi connectivity index (χ0n) is 20.4. The van der Waals surface area contributed by atoms with Crippen LogP contribution in [0.25, 0.3) is 0 Å². The highest BCUT2D eigenvalue weighted by molar-refractivity contribution is 7.06. The highest BCUT2D eigenvalue weighted by Crippen LogP contribution is 2.56. The Kier molecular flexibility index (Phi) is 6.62. The summed E-state index contributed by atoms with van der Waals surface area (Å²) in [7, 11) is -2.22. The van der Waals surface area contributed by atoms with E-state index in [4.69, 9.17) is 0 Å². The van der Waals surface area contributed by atoms with Crippen LogP contribution in [-0.2, 0) is 12.8 Å². The van der Waals surface area contributed by atoms with Gasteiger partial charge in [-0.15, -0.1) is 0 Å². The molecule has 0 spiro atoms. The van der Waals surface area contributed by atoms with E-state index in [-0.39, 0.29) is 5.04 Å². The van der Waals surface area contributed by atoms with Crippen molar-refractivity contribution in [1.82, 2.24) is 0 Å². The molecule has 160 valence electrons. The van der Waals surface area contributed by atoms with E-state index in [1.807, 2.05) is 0 Å². The van der Waals surface area contributed by atoms with E-state index in [2.05, 4.69) is 110 Å². The number of hydrogen-bond acceptors (Lipinski definition) is 0. The summed E-state index contributed by atoms with van der Waals surface area (Å²) in [5.41, 5.74) is 8.15. The van der Waals surface area contributed by atoms with Crippen molar-refractivity contribution in [2.24, 2.45) is 0 Å². The highest BCUT2D eigenvalue weighted by Gasteiger charge is 2.57. The normalized spacial score (nSPS) is 22.1. The van der Waals surface area contributed by atoms with Crippen molar-refractivity contribution >= 4 is 18.4 Å². The summed E-state index contributed by atoms with van der Waals surface area (Å²) in [5.74, 6) is 0. The summed E-state index contributed by atoms with van der Waals surface area (Å²) in [6.45, 7) is 19.1. The predicted molar refractivity (Wildman–Crippen MR) is 137 cm³/mol. The fourth-order valence-corrected chi connectivity index (χ4v) is 13.1. The van der Waals surface area contributed by atoms with Gasteiger partial charge in [-0.05, 0) is 55.9 Å². The zero-order chi connectivity index (χ0) is 22.1. The zero-order valence-corrected chi connectivity index (χ0v) is 21.4. The highest BCUT2D eigenvalue weighted by atomic mass is 28.3. The van der Waals surface area contributed by atoms with Crippen LogP contribution in [0.15, 0.2) is 71.3 Å². The van der Waals surface area contributed by atoms with E-state index < -0.39 is 8.07 Å². The van der Waals surface area contributed by atoms with Gasteiger partial charge in [-0.3, -0.25) is 0 Å². The summed E-state index contributed by atoms with van der Waals surface area (Å²) < 4.78 is 0. The Bertz CT molecular complexity index is 943. The molecule has 0 radical (unpaired) electrons. The first-order chi connectivity index (χ1) is 14.3. The molecular formula is C29H40Si. The Morgan fingerprint density at radius 1 is 0.833 bits per heavy atom. The molecule has 0 saturated carbocycles. The summed E-state index contributed by atoms with van der Waals surface area (Å²) in [5, 5.41) is 3.28. The van der Waals surface area contributed by atoms with Gasteiger partial charge in [0.2, 0.25) is 0 Å². The van der Waals surface area contributed by atoms with Gasteiger partial charge < -0.3 is 0 Å². The van der Waals surface area contributed by atoms with Gasteiger partial charge in [0.1, 0.15) is 8.07 Å². The molecule has 0 nitrogen and oxygen atoms in total. The Morgan fingerprint density at radius 3 is 1.83 bits per heavy atom. The smallest absolute Gasteiger partial charge is 0.0733 e. The minimum atomic E-state index is -2.22. The first-order valence-corrected chi connectivity index (χ1v) is 13.9. The molecule has 2 aromatic carbocycles. The van der Waals surface area contributed by atoms with E-state index >= 15 is 0 Å². The van der Waals surface area contributed by atoms with Gasteiger partial charge >= 0.3 is 0 Å². The van der Waals surface area contributed by atoms with Crippen LogP contribution < -0.4 is 10.4 Å². The van der Waals surface area contributed by atoms with Crippen LogP contribution in [0.1, 0.15) is 72.9 Å². The molecule has 3 atom stereocenters. The molecule has 3 rings (SSSR count). The Morgan fingerprint density at radius 2 is 1.40 bits per heavy atom. The maximum absolute atomic E-state index is 2.63.